The van der Waals surface area contributed by atoms with Gasteiger partial charge in [0, 0.05) is 29.9 Å². The Hall–Kier alpha value is -3.27. The van der Waals surface area contributed by atoms with Crippen LogP contribution in [0.4, 0.5) is 0 Å². The molecule has 0 N–H and O–H groups in total. The van der Waals surface area contributed by atoms with Crippen LogP contribution in [0.1, 0.15) is 33.9 Å². The van der Waals surface area contributed by atoms with E-state index in [1.54, 1.807) is 17.4 Å². The first-order chi connectivity index (χ1) is 12.3. The number of hydrogen-bond donors (Lipinski definition) is 0. The van der Waals surface area contributed by atoms with E-state index in [9.17, 15) is 4.79 Å². The van der Waals surface area contributed by atoms with Crippen molar-refractivity contribution in [2.24, 2.45) is 5.10 Å². The topological polar surface area (TPSA) is 45.6 Å². The summed E-state index contributed by atoms with van der Waals surface area (Å²) in [4.78, 5) is 17.2. The summed E-state index contributed by atoms with van der Waals surface area (Å²) in [5, 5.41) is 6.26. The third kappa shape index (κ3) is 3.06. The minimum absolute atomic E-state index is 0.0895. The van der Waals surface area contributed by atoms with E-state index >= 15 is 0 Å². The van der Waals surface area contributed by atoms with Crippen molar-refractivity contribution in [2.75, 3.05) is 0 Å². The van der Waals surface area contributed by atoms with E-state index in [0.29, 0.717) is 12.0 Å². The van der Waals surface area contributed by atoms with Crippen molar-refractivity contribution in [1.29, 1.82) is 0 Å². The molecular weight excluding hydrogens is 310 g/mol. The first-order valence-electron chi connectivity index (χ1n) is 8.24. The normalized spacial score (nSPS) is 16.6. The van der Waals surface area contributed by atoms with E-state index in [4.69, 9.17) is 0 Å². The molecule has 0 aliphatic carbocycles. The van der Waals surface area contributed by atoms with Crippen molar-refractivity contribution >= 4 is 11.6 Å². The van der Waals surface area contributed by atoms with E-state index in [2.05, 4.69) is 10.1 Å². The van der Waals surface area contributed by atoms with Gasteiger partial charge in [-0.05, 0) is 23.8 Å². The highest BCUT2D eigenvalue weighted by atomic mass is 16.2. The Kier molecular flexibility index (Phi) is 4.09. The second-order valence-corrected chi connectivity index (χ2v) is 5.93. The smallest absolute Gasteiger partial charge is 0.267 e. The standard InChI is InChI=1S/C21H17N3O/c25-21(17-10-5-2-6-11-17)24-20(16-8-3-1-4-9-16)14-19(23-24)18-12-7-13-22-15-18/h1-13,15,20H,14H2. The molecule has 1 aromatic heterocycles. The number of pyridine rings is 1. The number of hydrogen-bond acceptors (Lipinski definition) is 3. The number of carbonyl (C=O) groups is 1. The lowest BCUT2D eigenvalue weighted by molar-refractivity contribution is 0.0711. The molecule has 1 aliphatic heterocycles. The fraction of sp³-hybridized carbons (Fsp3) is 0.0952. The van der Waals surface area contributed by atoms with Crippen LogP contribution in [0.15, 0.2) is 90.3 Å². The molecular formula is C21H17N3O. The second-order valence-electron chi connectivity index (χ2n) is 5.93. The maximum atomic E-state index is 13.0. The van der Waals surface area contributed by atoms with Crippen LogP contribution < -0.4 is 0 Å². The zero-order valence-electron chi connectivity index (χ0n) is 13.6. The zero-order chi connectivity index (χ0) is 17.1. The van der Waals surface area contributed by atoms with E-state index < -0.39 is 0 Å². The van der Waals surface area contributed by atoms with Crippen molar-refractivity contribution in [2.45, 2.75) is 12.5 Å². The Bertz CT molecular complexity index is 892. The van der Waals surface area contributed by atoms with Gasteiger partial charge in [-0.15, -0.1) is 0 Å². The van der Waals surface area contributed by atoms with E-state index in [-0.39, 0.29) is 11.9 Å². The van der Waals surface area contributed by atoms with E-state index in [1.807, 2.05) is 72.8 Å². The highest BCUT2D eigenvalue weighted by Gasteiger charge is 2.33. The number of rotatable bonds is 3. The molecule has 122 valence electrons. The summed E-state index contributed by atoms with van der Waals surface area (Å²) in [6.45, 7) is 0. The van der Waals surface area contributed by atoms with Gasteiger partial charge in [0.25, 0.3) is 5.91 Å². The molecule has 1 atom stereocenters. The van der Waals surface area contributed by atoms with Crippen molar-refractivity contribution in [3.63, 3.8) is 0 Å². The third-order valence-corrected chi connectivity index (χ3v) is 4.32. The van der Waals surface area contributed by atoms with Gasteiger partial charge in [0.05, 0.1) is 11.8 Å². The van der Waals surface area contributed by atoms with Gasteiger partial charge in [0.2, 0.25) is 0 Å². The molecule has 0 saturated carbocycles. The first kappa shape index (κ1) is 15.3. The molecule has 4 rings (SSSR count). The van der Waals surface area contributed by atoms with Gasteiger partial charge in [-0.1, -0.05) is 54.6 Å². The second kappa shape index (κ2) is 6.69. The van der Waals surface area contributed by atoms with Crippen LogP contribution in [0.2, 0.25) is 0 Å². The Balaban J connectivity index is 1.73. The zero-order valence-corrected chi connectivity index (χ0v) is 13.6. The quantitative estimate of drug-likeness (QED) is 0.728. The van der Waals surface area contributed by atoms with Crippen molar-refractivity contribution in [3.8, 4) is 0 Å². The molecule has 25 heavy (non-hydrogen) atoms. The fourth-order valence-corrected chi connectivity index (χ4v) is 3.05. The number of aromatic nitrogens is 1. The lowest BCUT2D eigenvalue weighted by Crippen LogP contribution is -2.27. The Morgan fingerprint density at radius 3 is 2.32 bits per heavy atom. The van der Waals surface area contributed by atoms with Crippen molar-refractivity contribution in [3.05, 3.63) is 102 Å². The highest BCUT2D eigenvalue weighted by Crippen LogP contribution is 2.33. The molecule has 4 heteroatoms. The lowest BCUT2D eigenvalue weighted by atomic mass is 9.99. The Labute approximate surface area is 146 Å². The third-order valence-electron chi connectivity index (χ3n) is 4.32. The minimum Gasteiger partial charge on any atom is -0.267 e. The summed E-state index contributed by atoms with van der Waals surface area (Å²) in [6, 6.07) is 23.1. The molecule has 2 heterocycles. The molecule has 1 amide bonds. The van der Waals surface area contributed by atoms with Crippen LogP contribution in [0.5, 0.6) is 0 Å². The predicted molar refractivity (Wildman–Crippen MR) is 97.2 cm³/mol. The molecule has 0 spiro atoms. The van der Waals surface area contributed by atoms with E-state index in [1.165, 1.54) is 0 Å². The van der Waals surface area contributed by atoms with Gasteiger partial charge >= 0.3 is 0 Å². The Morgan fingerprint density at radius 2 is 1.64 bits per heavy atom. The van der Waals surface area contributed by atoms with Gasteiger partial charge in [0.1, 0.15) is 0 Å². The molecule has 4 nitrogen and oxygen atoms in total. The highest BCUT2D eigenvalue weighted by molar-refractivity contribution is 6.04. The monoisotopic (exact) mass is 327 g/mol. The van der Waals surface area contributed by atoms with Crippen molar-refractivity contribution in [1.82, 2.24) is 9.99 Å². The molecule has 0 bridgehead atoms. The van der Waals surface area contributed by atoms with Crippen LogP contribution in [-0.2, 0) is 0 Å². The SMILES string of the molecule is O=C(c1ccccc1)N1N=C(c2cccnc2)CC1c1ccccc1. The molecule has 3 aromatic rings. The molecule has 0 fully saturated rings. The number of hydrazone groups is 1. The fourth-order valence-electron chi connectivity index (χ4n) is 3.05. The van der Waals surface area contributed by atoms with Crippen molar-refractivity contribution < 1.29 is 4.79 Å². The van der Waals surface area contributed by atoms with Crippen LogP contribution in [0, 0.1) is 0 Å². The Morgan fingerprint density at radius 1 is 0.920 bits per heavy atom. The lowest BCUT2D eigenvalue weighted by Gasteiger charge is -2.22. The molecule has 2 aromatic carbocycles. The largest absolute Gasteiger partial charge is 0.274 e. The number of carbonyl (C=O) groups excluding carboxylic acids is 1. The number of benzene rings is 2. The van der Waals surface area contributed by atoms with Gasteiger partial charge < -0.3 is 0 Å². The summed E-state index contributed by atoms with van der Waals surface area (Å²) in [5.74, 6) is -0.0895. The van der Waals surface area contributed by atoms with Crippen LogP contribution in [0.3, 0.4) is 0 Å². The molecule has 1 unspecified atom stereocenters. The van der Waals surface area contributed by atoms with Gasteiger partial charge in [-0.25, -0.2) is 5.01 Å². The molecule has 1 aliphatic rings. The number of amides is 1. The summed E-state index contributed by atoms with van der Waals surface area (Å²) < 4.78 is 0. The minimum atomic E-state index is -0.107. The first-order valence-corrected chi connectivity index (χ1v) is 8.24. The van der Waals surface area contributed by atoms with Gasteiger partial charge in [-0.3, -0.25) is 9.78 Å². The van der Waals surface area contributed by atoms with E-state index in [0.717, 1.165) is 16.8 Å². The summed E-state index contributed by atoms with van der Waals surface area (Å²) in [7, 11) is 0. The number of nitrogens with zero attached hydrogens (tertiary/aromatic N) is 3. The van der Waals surface area contributed by atoms with Crippen LogP contribution in [0.25, 0.3) is 0 Å². The maximum absolute atomic E-state index is 13.0. The van der Waals surface area contributed by atoms with Gasteiger partial charge in [0.15, 0.2) is 0 Å². The van der Waals surface area contributed by atoms with Crippen LogP contribution >= 0.6 is 0 Å². The molecule has 0 saturated heterocycles. The summed E-state index contributed by atoms with van der Waals surface area (Å²) in [6.07, 6.45) is 4.20. The molecule has 0 radical (unpaired) electrons. The average molecular weight is 327 g/mol. The van der Waals surface area contributed by atoms with Crippen LogP contribution in [-0.4, -0.2) is 21.6 Å². The average Bonchev–Trinajstić information content (AvgIpc) is 3.15. The predicted octanol–water partition coefficient (Wildman–Crippen LogP) is 4.07. The summed E-state index contributed by atoms with van der Waals surface area (Å²) >= 11 is 0. The maximum Gasteiger partial charge on any atom is 0.274 e. The van der Waals surface area contributed by atoms with Gasteiger partial charge in [-0.2, -0.15) is 5.10 Å². The summed E-state index contributed by atoms with van der Waals surface area (Å²) in [5.41, 5.74) is 3.55.